The highest BCUT2D eigenvalue weighted by Gasteiger charge is 2.31. The summed E-state index contributed by atoms with van der Waals surface area (Å²) in [6, 6.07) is 4.59. The summed E-state index contributed by atoms with van der Waals surface area (Å²) in [6.07, 6.45) is 0.765. The van der Waals surface area contributed by atoms with Gasteiger partial charge in [-0.1, -0.05) is 0 Å². The van der Waals surface area contributed by atoms with Crippen molar-refractivity contribution in [2.24, 2.45) is 0 Å². The molecular weight excluding hydrogens is 275 g/mol. The Morgan fingerprint density at radius 1 is 1.52 bits per heavy atom. The van der Waals surface area contributed by atoms with Gasteiger partial charge in [-0.3, -0.25) is 10.2 Å². The molecule has 1 atom stereocenters. The molecule has 3 rings (SSSR count). The van der Waals surface area contributed by atoms with Crippen LogP contribution in [0.15, 0.2) is 24.4 Å². The molecule has 0 radical (unpaired) electrons. The van der Waals surface area contributed by atoms with Crippen LogP contribution in [0.1, 0.15) is 5.69 Å². The molecule has 2 aromatic rings. The summed E-state index contributed by atoms with van der Waals surface area (Å²) < 4.78 is 19.3. The molecule has 1 aromatic carbocycles. The van der Waals surface area contributed by atoms with Gasteiger partial charge in [0.2, 0.25) is 0 Å². The van der Waals surface area contributed by atoms with Crippen molar-refractivity contribution in [1.29, 1.82) is 0 Å². The standard InChI is InChI=1S/C14H15FN4O2/c1-8-6-17-13(18-8)10-4-3-9(5-11(10)15)19-7-12(16-2)21-14(19)20/h3-6,12,16H,7H2,1-2H3,(H,17,18)/t12-/m0/s1. The minimum Gasteiger partial charge on any atom is -0.428 e. The van der Waals surface area contributed by atoms with E-state index in [2.05, 4.69) is 15.3 Å². The topological polar surface area (TPSA) is 70.2 Å². The van der Waals surface area contributed by atoms with Crippen molar-refractivity contribution in [1.82, 2.24) is 15.3 Å². The third-order valence-corrected chi connectivity index (χ3v) is 3.36. The summed E-state index contributed by atoms with van der Waals surface area (Å²) in [6.45, 7) is 2.19. The summed E-state index contributed by atoms with van der Waals surface area (Å²) >= 11 is 0. The van der Waals surface area contributed by atoms with Crippen molar-refractivity contribution in [3.8, 4) is 11.4 Å². The van der Waals surface area contributed by atoms with Gasteiger partial charge in [0.15, 0.2) is 6.23 Å². The van der Waals surface area contributed by atoms with Crippen molar-refractivity contribution >= 4 is 11.8 Å². The van der Waals surface area contributed by atoms with E-state index in [9.17, 15) is 9.18 Å². The van der Waals surface area contributed by atoms with Crippen LogP contribution >= 0.6 is 0 Å². The molecule has 2 heterocycles. The number of aromatic nitrogens is 2. The molecule has 1 saturated heterocycles. The van der Waals surface area contributed by atoms with Gasteiger partial charge in [-0.15, -0.1) is 0 Å². The smallest absolute Gasteiger partial charge is 0.416 e. The molecule has 0 aliphatic carbocycles. The lowest BCUT2D eigenvalue weighted by molar-refractivity contribution is 0.128. The lowest BCUT2D eigenvalue weighted by Crippen LogP contribution is -2.30. The maximum absolute atomic E-state index is 14.3. The summed E-state index contributed by atoms with van der Waals surface area (Å²) in [5.41, 5.74) is 1.68. The number of aryl methyl sites for hydroxylation is 1. The fraction of sp³-hybridized carbons (Fsp3) is 0.286. The highest BCUT2D eigenvalue weighted by Crippen LogP contribution is 2.27. The molecule has 1 fully saturated rings. The second-order valence-electron chi connectivity index (χ2n) is 4.85. The molecule has 21 heavy (non-hydrogen) atoms. The van der Waals surface area contributed by atoms with Crippen molar-refractivity contribution in [2.75, 3.05) is 18.5 Å². The van der Waals surface area contributed by atoms with E-state index in [1.165, 1.54) is 11.0 Å². The Labute approximate surface area is 120 Å². The van der Waals surface area contributed by atoms with Crippen molar-refractivity contribution in [3.05, 3.63) is 35.9 Å². The molecule has 6 nitrogen and oxygen atoms in total. The van der Waals surface area contributed by atoms with E-state index in [1.807, 2.05) is 6.92 Å². The first kappa shape index (κ1) is 13.6. The molecule has 7 heteroatoms. The SMILES string of the molecule is CN[C@@H]1CN(c2ccc(-c3ncc(C)[nH]3)c(F)c2)C(=O)O1. The Kier molecular flexibility index (Phi) is 3.34. The number of aromatic amines is 1. The summed E-state index contributed by atoms with van der Waals surface area (Å²) in [4.78, 5) is 20.2. The van der Waals surface area contributed by atoms with E-state index in [0.717, 1.165) is 5.69 Å². The summed E-state index contributed by atoms with van der Waals surface area (Å²) in [5.74, 6) is 0.0243. The molecule has 1 aromatic heterocycles. The molecule has 1 aliphatic heterocycles. The monoisotopic (exact) mass is 290 g/mol. The molecule has 0 unspecified atom stereocenters. The molecule has 0 spiro atoms. The molecule has 110 valence electrons. The molecular formula is C14H15FN4O2. The number of imidazole rings is 1. The minimum absolute atomic E-state index is 0.341. The van der Waals surface area contributed by atoms with Gasteiger partial charge >= 0.3 is 6.09 Å². The number of carbonyl (C=O) groups is 1. The zero-order valence-electron chi connectivity index (χ0n) is 11.7. The third-order valence-electron chi connectivity index (χ3n) is 3.36. The molecule has 0 bridgehead atoms. The van der Waals surface area contributed by atoms with E-state index in [4.69, 9.17) is 4.74 Å². The lowest BCUT2D eigenvalue weighted by atomic mass is 10.1. The third kappa shape index (κ3) is 2.47. The largest absolute Gasteiger partial charge is 0.428 e. The van der Waals surface area contributed by atoms with Gasteiger partial charge in [0.05, 0.1) is 17.8 Å². The normalized spacial score (nSPS) is 18.1. The number of nitrogens with one attached hydrogen (secondary N) is 2. The van der Waals surface area contributed by atoms with Crippen LogP contribution in [0.3, 0.4) is 0 Å². The average Bonchev–Trinajstić information content (AvgIpc) is 3.04. The van der Waals surface area contributed by atoms with Crippen LogP contribution in [-0.4, -0.2) is 35.9 Å². The fourth-order valence-corrected chi connectivity index (χ4v) is 2.24. The minimum atomic E-state index is -0.490. The van der Waals surface area contributed by atoms with Gasteiger partial charge in [-0.25, -0.2) is 14.2 Å². The molecule has 2 N–H and O–H groups in total. The molecule has 0 saturated carbocycles. The van der Waals surface area contributed by atoms with E-state index in [1.54, 1.807) is 25.4 Å². The maximum atomic E-state index is 14.3. The van der Waals surface area contributed by atoms with Crippen LogP contribution < -0.4 is 10.2 Å². The van der Waals surface area contributed by atoms with Crippen molar-refractivity contribution < 1.29 is 13.9 Å². The Morgan fingerprint density at radius 3 is 2.90 bits per heavy atom. The van der Waals surface area contributed by atoms with E-state index in [0.29, 0.717) is 23.6 Å². The van der Waals surface area contributed by atoms with Crippen LogP contribution in [0.5, 0.6) is 0 Å². The van der Waals surface area contributed by atoms with E-state index >= 15 is 0 Å². The Bertz CT molecular complexity index is 685. The summed E-state index contributed by atoms with van der Waals surface area (Å²) in [7, 11) is 1.70. The number of nitrogens with zero attached hydrogens (tertiary/aromatic N) is 2. The van der Waals surface area contributed by atoms with Gasteiger partial charge in [-0.2, -0.15) is 0 Å². The number of ether oxygens (including phenoxy) is 1. The Morgan fingerprint density at radius 2 is 2.33 bits per heavy atom. The quantitative estimate of drug-likeness (QED) is 0.907. The zero-order chi connectivity index (χ0) is 15.0. The second-order valence-corrected chi connectivity index (χ2v) is 4.85. The van der Waals surface area contributed by atoms with Crippen LogP contribution in [0.25, 0.3) is 11.4 Å². The maximum Gasteiger partial charge on any atom is 0.416 e. The van der Waals surface area contributed by atoms with Gasteiger partial charge in [0, 0.05) is 11.9 Å². The second kappa shape index (κ2) is 5.17. The van der Waals surface area contributed by atoms with Crippen LogP contribution in [0.4, 0.5) is 14.9 Å². The lowest BCUT2D eigenvalue weighted by Gasteiger charge is -2.13. The van der Waals surface area contributed by atoms with Crippen LogP contribution in [0, 0.1) is 12.7 Å². The first-order chi connectivity index (χ1) is 10.1. The van der Waals surface area contributed by atoms with Gasteiger partial charge in [0.1, 0.15) is 11.6 Å². The number of likely N-dealkylation sites (N-methyl/N-ethyl adjacent to an activating group) is 1. The predicted octanol–water partition coefficient (Wildman–Crippen LogP) is 2.03. The van der Waals surface area contributed by atoms with Crippen LogP contribution in [0.2, 0.25) is 0 Å². The highest BCUT2D eigenvalue weighted by atomic mass is 19.1. The highest BCUT2D eigenvalue weighted by molar-refractivity contribution is 5.90. The fourth-order valence-electron chi connectivity index (χ4n) is 2.24. The number of benzene rings is 1. The van der Waals surface area contributed by atoms with Crippen molar-refractivity contribution in [3.63, 3.8) is 0 Å². The number of cyclic esters (lactones) is 1. The first-order valence-corrected chi connectivity index (χ1v) is 6.55. The van der Waals surface area contributed by atoms with Gasteiger partial charge in [-0.05, 0) is 32.2 Å². The number of H-pyrrole nitrogens is 1. The Balaban J connectivity index is 1.90. The van der Waals surface area contributed by atoms with E-state index < -0.39 is 11.9 Å². The van der Waals surface area contributed by atoms with Crippen LogP contribution in [-0.2, 0) is 4.74 Å². The van der Waals surface area contributed by atoms with Gasteiger partial charge < -0.3 is 9.72 Å². The first-order valence-electron chi connectivity index (χ1n) is 6.55. The van der Waals surface area contributed by atoms with E-state index in [-0.39, 0.29) is 6.23 Å². The molecule has 1 aliphatic rings. The molecule has 1 amide bonds. The van der Waals surface area contributed by atoms with Crippen molar-refractivity contribution in [2.45, 2.75) is 13.2 Å². The number of hydrogen-bond donors (Lipinski definition) is 2. The number of carbonyl (C=O) groups excluding carboxylic acids is 1. The zero-order valence-corrected chi connectivity index (χ0v) is 11.7. The Hall–Kier alpha value is -2.41. The number of amides is 1. The number of halogens is 1. The summed E-state index contributed by atoms with van der Waals surface area (Å²) in [5, 5.41) is 2.86. The number of anilines is 1. The number of hydrogen-bond acceptors (Lipinski definition) is 4. The number of rotatable bonds is 3. The average molecular weight is 290 g/mol. The predicted molar refractivity (Wildman–Crippen MR) is 75.4 cm³/mol. The van der Waals surface area contributed by atoms with Gasteiger partial charge in [0.25, 0.3) is 0 Å².